The Bertz CT molecular complexity index is 1610. The summed E-state index contributed by atoms with van der Waals surface area (Å²) in [6.07, 6.45) is -7.54. The fourth-order valence-electron chi connectivity index (χ4n) is 8.11. The number of carbonyl (C=O) groups is 2. The number of ether oxygens (including phenoxy) is 7. The Morgan fingerprint density at radius 1 is 1.02 bits per heavy atom. The minimum Gasteiger partial charge on any atom is -0.493 e. The predicted octanol–water partition coefficient (Wildman–Crippen LogP) is 0.759. The van der Waals surface area contributed by atoms with Crippen LogP contribution >= 0.6 is 0 Å². The topological polar surface area (TPSA) is 232 Å². The number of nitrogens with two attached hydrogens (primary N) is 2. The molecule has 4 aliphatic heterocycles. The van der Waals surface area contributed by atoms with Crippen molar-refractivity contribution in [3.63, 3.8) is 0 Å². The van der Waals surface area contributed by atoms with Gasteiger partial charge in [0.05, 0.1) is 26.3 Å². The van der Waals surface area contributed by atoms with Gasteiger partial charge in [-0.1, -0.05) is 6.07 Å². The van der Waals surface area contributed by atoms with E-state index in [0.717, 1.165) is 36.8 Å². The molecule has 2 aromatic carbocycles. The van der Waals surface area contributed by atoms with Crippen molar-refractivity contribution in [1.82, 2.24) is 0 Å². The van der Waals surface area contributed by atoms with Gasteiger partial charge in [0, 0.05) is 17.2 Å². The third kappa shape index (κ3) is 5.02. The highest BCUT2D eigenvalue weighted by Gasteiger charge is 2.61. The molecule has 0 unspecified atom stereocenters. The van der Waals surface area contributed by atoms with Crippen LogP contribution in [0.1, 0.15) is 67.2 Å². The van der Waals surface area contributed by atoms with Gasteiger partial charge in [0.25, 0.3) is 0 Å². The fourth-order valence-corrected chi connectivity index (χ4v) is 8.11. The molecule has 0 amide bonds. The van der Waals surface area contributed by atoms with E-state index in [0.29, 0.717) is 34.3 Å². The number of rotatable bonds is 7. The maximum Gasteiger partial charge on any atom is 0.317 e. The zero-order chi connectivity index (χ0) is 34.1. The number of hydrogen-bond acceptors (Lipinski definition) is 14. The molecule has 4 heterocycles. The van der Waals surface area contributed by atoms with E-state index >= 15 is 0 Å². The van der Waals surface area contributed by atoms with E-state index in [2.05, 4.69) is 0 Å². The van der Waals surface area contributed by atoms with Crippen LogP contribution in [0.5, 0.6) is 28.7 Å². The molecule has 0 aromatic heterocycles. The maximum absolute atomic E-state index is 12.2. The van der Waals surface area contributed by atoms with E-state index in [9.17, 15) is 24.9 Å². The molecule has 7 rings (SSSR count). The van der Waals surface area contributed by atoms with E-state index in [-0.39, 0.29) is 18.8 Å². The predicted molar refractivity (Wildman–Crippen MR) is 163 cm³/mol. The number of carbonyl (C=O) groups excluding carboxylic acids is 1. The molecule has 0 bridgehead atoms. The van der Waals surface area contributed by atoms with E-state index in [4.69, 9.17) is 49.7 Å². The van der Waals surface area contributed by atoms with Gasteiger partial charge in [0.15, 0.2) is 23.2 Å². The molecule has 15 nitrogen and oxygen atoms in total. The molecular weight excluding hydrogens is 632 g/mol. The number of hydrogen-bond donors (Lipinski definition) is 6. The molecule has 8 atom stereocenters. The Labute approximate surface area is 275 Å². The summed E-state index contributed by atoms with van der Waals surface area (Å²) >= 11 is 0. The quantitative estimate of drug-likeness (QED) is 0.135. The molecule has 8 N–H and O–H groups in total. The van der Waals surface area contributed by atoms with E-state index in [1.165, 1.54) is 0 Å². The summed E-state index contributed by atoms with van der Waals surface area (Å²) in [6, 6.07) is 7.51. The van der Waals surface area contributed by atoms with Crippen LogP contribution in [0.3, 0.4) is 0 Å². The van der Waals surface area contributed by atoms with Crippen molar-refractivity contribution in [2.75, 3.05) is 14.2 Å². The van der Waals surface area contributed by atoms with Crippen molar-refractivity contribution >= 4 is 11.9 Å². The first-order valence-corrected chi connectivity index (χ1v) is 16.0. The van der Waals surface area contributed by atoms with Gasteiger partial charge < -0.3 is 65.1 Å². The molecule has 0 radical (unpaired) electrons. The molecule has 260 valence electrons. The van der Waals surface area contributed by atoms with Crippen LogP contribution in [0.2, 0.25) is 0 Å². The summed E-state index contributed by atoms with van der Waals surface area (Å²) in [6.45, 7) is 0. The van der Waals surface area contributed by atoms with Crippen LogP contribution in [0.4, 0.5) is 0 Å². The number of aliphatic carboxylic acids is 1. The monoisotopic (exact) mass is 672 g/mol. The van der Waals surface area contributed by atoms with Gasteiger partial charge in [0.1, 0.15) is 47.9 Å². The number of carboxylic acids is 1. The fraction of sp³-hybridized carbons (Fsp3) is 0.576. The normalized spacial score (nSPS) is 31.4. The van der Waals surface area contributed by atoms with Crippen LogP contribution in [-0.4, -0.2) is 94.7 Å². The zero-order valence-corrected chi connectivity index (χ0v) is 26.5. The van der Waals surface area contributed by atoms with Gasteiger partial charge in [-0.15, -0.1) is 0 Å². The number of benzene rings is 2. The summed E-state index contributed by atoms with van der Waals surface area (Å²) < 4.78 is 42.3. The first-order valence-electron chi connectivity index (χ1n) is 16.0. The smallest absolute Gasteiger partial charge is 0.317 e. The lowest BCUT2D eigenvalue weighted by Crippen LogP contribution is -2.71. The van der Waals surface area contributed by atoms with Crippen LogP contribution in [0.25, 0.3) is 0 Å². The van der Waals surface area contributed by atoms with Crippen LogP contribution < -0.4 is 35.2 Å². The Hall–Kier alpha value is -3.86. The van der Waals surface area contributed by atoms with E-state index in [1.54, 1.807) is 20.3 Å². The van der Waals surface area contributed by atoms with Crippen molar-refractivity contribution in [3.8, 4) is 28.7 Å². The Morgan fingerprint density at radius 2 is 1.77 bits per heavy atom. The third-order valence-corrected chi connectivity index (χ3v) is 10.4. The molecule has 48 heavy (non-hydrogen) atoms. The van der Waals surface area contributed by atoms with E-state index in [1.807, 2.05) is 18.2 Å². The van der Waals surface area contributed by atoms with Gasteiger partial charge in [0.2, 0.25) is 12.0 Å². The second-order valence-electron chi connectivity index (χ2n) is 13.2. The number of aliphatic hydroxyl groups excluding tert-OH is 2. The average molecular weight is 673 g/mol. The Kier molecular flexibility index (Phi) is 8.12. The lowest BCUT2D eigenvalue weighted by molar-refractivity contribution is -0.329. The zero-order valence-electron chi connectivity index (χ0n) is 26.5. The highest BCUT2D eigenvalue weighted by atomic mass is 16.7. The standard InChI is InChI=1S/C33H40N2O13/c1-42-17-6-5-15-22-24(46-25(15)26(17)43-2)16-11-14-7-10-33(41)29(40)23(39)27(28(30(34)35)45-21(38)13-20(36)37)47-31(33)44-18(14)12-19(16)48-32(22)8-3-4-9-32/h5-6,11-12,22-24,27-31,39-41H,3-4,7-10,13,34-35H2,1-2H3,(H,36,37)/t22-,23+,24+,27-,28-,29-,31-,33+/m0/s1. The van der Waals surface area contributed by atoms with Gasteiger partial charge >= 0.3 is 11.9 Å². The highest BCUT2D eigenvalue weighted by molar-refractivity contribution is 5.90. The second kappa shape index (κ2) is 11.9. The second-order valence-corrected chi connectivity index (χ2v) is 13.2. The van der Waals surface area contributed by atoms with Crippen molar-refractivity contribution in [2.24, 2.45) is 11.5 Å². The Morgan fingerprint density at radius 3 is 2.44 bits per heavy atom. The summed E-state index contributed by atoms with van der Waals surface area (Å²) in [5, 5.41) is 43.0. The van der Waals surface area contributed by atoms with Crippen molar-refractivity contribution in [2.45, 2.75) is 105 Å². The summed E-state index contributed by atoms with van der Waals surface area (Å²) in [7, 11) is 3.14. The van der Waals surface area contributed by atoms with Crippen molar-refractivity contribution < 1.29 is 63.2 Å². The maximum atomic E-state index is 12.2. The first-order chi connectivity index (χ1) is 22.9. The van der Waals surface area contributed by atoms with Gasteiger partial charge in [-0.25, -0.2) is 0 Å². The number of aryl methyl sites for hydroxylation is 1. The number of esters is 1. The minimum absolute atomic E-state index is 0.0858. The molecule has 2 fully saturated rings. The number of methoxy groups -OCH3 is 2. The van der Waals surface area contributed by atoms with Crippen molar-refractivity contribution in [1.29, 1.82) is 0 Å². The van der Waals surface area contributed by atoms with Crippen LogP contribution in [0, 0.1) is 0 Å². The molecule has 15 heteroatoms. The lowest BCUT2D eigenvalue weighted by Gasteiger charge is -2.49. The molecule has 5 aliphatic rings. The first kappa shape index (κ1) is 32.7. The average Bonchev–Trinajstić information content (AvgIpc) is 3.64. The van der Waals surface area contributed by atoms with Gasteiger partial charge in [-0.3, -0.25) is 9.59 Å². The summed E-state index contributed by atoms with van der Waals surface area (Å²) in [5.74, 6) is -0.233. The lowest BCUT2D eigenvalue weighted by atomic mass is 9.73. The van der Waals surface area contributed by atoms with Crippen LogP contribution in [0.15, 0.2) is 24.3 Å². The van der Waals surface area contributed by atoms with Crippen LogP contribution in [-0.2, 0) is 25.5 Å². The number of aliphatic hydroxyl groups is 3. The van der Waals surface area contributed by atoms with Gasteiger partial charge in [-0.2, -0.15) is 0 Å². The molecular formula is C33H40N2O13. The molecule has 2 aromatic rings. The molecule has 1 spiro atoms. The minimum atomic E-state index is -2.11. The molecule has 1 saturated carbocycles. The Balaban J connectivity index is 1.24. The third-order valence-electron chi connectivity index (χ3n) is 10.4. The summed E-state index contributed by atoms with van der Waals surface area (Å²) in [4.78, 5) is 23.2. The SMILES string of the molecule is COc1ccc2c(c1OC)O[C@@H]1c3cc4c(cc3OC3(CCCC3)[C@@H]21)O[C@H]1O[C@H]([C@H](OC(=O)CC(=O)O)C(N)N)[C@@H](O)[C@H](O)[C@]1(O)CC4. The number of fused-ring (bicyclic) bond motifs is 8. The van der Waals surface area contributed by atoms with E-state index < -0.39 is 72.5 Å². The highest BCUT2D eigenvalue weighted by Crippen LogP contribution is 2.64. The van der Waals surface area contributed by atoms with Gasteiger partial charge in [-0.05, 0) is 56.2 Å². The molecule has 1 saturated heterocycles. The summed E-state index contributed by atoms with van der Waals surface area (Å²) in [5.41, 5.74) is 11.4. The van der Waals surface area contributed by atoms with Crippen molar-refractivity contribution in [3.05, 3.63) is 41.0 Å². The number of carboxylic acid groups (broad SMARTS) is 1. The molecule has 1 aliphatic carbocycles. The largest absolute Gasteiger partial charge is 0.493 e.